The maximum absolute atomic E-state index is 11.7. The SMILES string of the molecule is O=C1NC(=O)c2cc(-c3ccc(/C=N/Nc4nn[nH]n4)o3)ccc21. The molecule has 0 bridgehead atoms. The van der Waals surface area contributed by atoms with E-state index in [-0.39, 0.29) is 11.9 Å². The van der Waals surface area contributed by atoms with Crippen LogP contribution in [0.1, 0.15) is 26.5 Å². The van der Waals surface area contributed by atoms with Crippen LogP contribution < -0.4 is 10.7 Å². The van der Waals surface area contributed by atoms with Crippen LogP contribution in [-0.4, -0.2) is 38.7 Å². The first-order chi connectivity index (χ1) is 11.7. The monoisotopic (exact) mass is 323 g/mol. The highest BCUT2D eigenvalue weighted by Gasteiger charge is 2.27. The van der Waals surface area contributed by atoms with Gasteiger partial charge < -0.3 is 4.42 Å². The number of furan rings is 1. The minimum atomic E-state index is -0.408. The number of hydrazone groups is 1. The van der Waals surface area contributed by atoms with Crippen LogP contribution in [0.25, 0.3) is 11.3 Å². The van der Waals surface area contributed by atoms with E-state index in [1.54, 1.807) is 30.3 Å². The highest BCUT2D eigenvalue weighted by molar-refractivity contribution is 6.21. The van der Waals surface area contributed by atoms with Crippen LogP contribution in [0.15, 0.2) is 39.9 Å². The number of carbonyl (C=O) groups excluding carboxylic acids is 2. The second-order valence-corrected chi connectivity index (χ2v) is 4.85. The number of imide groups is 1. The normalized spacial score (nSPS) is 13.3. The molecule has 0 saturated heterocycles. The molecule has 0 atom stereocenters. The molecule has 3 aromatic rings. The van der Waals surface area contributed by atoms with Gasteiger partial charge in [-0.2, -0.15) is 10.3 Å². The zero-order valence-corrected chi connectivity index (χ0v) is 12.0. The van der Waals surface area contributed by atoms with Crippen molar-refractivity contribution in [1.29, 1.82) is 0 Å². The van der Waals surface area contributed by atoms with Crippen molar-refractivity contribution in [3.63, 3.8) is 0 Å². The molecule has 0 radical (unpaired) electrons. The summed E-state index contributed by atoms with van der Waals surface area (Å²) >= 11 is 0. The largest absolute Gasteiger partial charge is 0.455 e. The number of hydrogen-bond donors (Lipinski definition) is 3. The number of nitrogens with one attached hydrogen (secondary N) is 3. The van der Waals surface area contributed by atoms with E-state index in [9.17, 15) is 9.59 Å². The molecule has 4 rings (SSSR count). The van der Waals surface area contributed by atoms with E-state index in [1.165, 1.54) is 6.21 Å². The minimum absolute atomic E-state index is 0.229. The Balaban J connectivity index is 1.55. The molecule has 0 aliphatic carbocycles. The Kier molecular flexibility index (Phi) is 3.12. The fraction of sp³-hybridized carbons (Fsp3) is 0. The van der Waals surface area contributed by atoms with Gasteiger partial charge in [0.05, 0.1) is 17.3 Å². The third kappa shape index (κ3) is 2.41. The number of benzene rings is 1. The Bertz CT molecular complexity index is 959. The molecule has 1 aliphatic heterocycles. The molecule has 0 spiro atoms. The second-order valence-electron chi connectivity index (χ2n) is 4.85. The molecule has 2 aromatic heterocycles. The van der Waals surface area contributed by atoms with Gasteiger partial charge in [0.2, 0.25) is 0 Å². The number of aromatic nitrogens is 4. The van der Waals surface area contributed by atoms with Crippen molar-refractivity contribution in [1.82, 2.24) is 25.9 Å². The molecule has 1 aromatic carbocycles. The van der Waals surface area contributed by atoms with Crippen LogP contribution in [0.4, 0.5) is 5.95 Å². The van der Waals surface area contributed by atoms with E-state index in [0.29, 0.717) is 28.2 Å². The predicted octanol–water partition coefficient (Wildman–Crippen LogP) is 0.789. The Labute approximate surface area is 133 Å². The average molecular weight is 323 g/mol. The van der Waals surface area contributed by atoms with Gasteiger partial charge in [0.25, 0.3) is 17.8 Å². The standard InChI is InChI=1S/C14H9N7O3/c22-12-9-3-1-7(5-10(9)13(23)16-12)11-4-2-8(24-11)6-15-17-14-18-20-21-19-14/h1-6H,(H,16,22,23)(H2,17,18,19,20,21)/b15-6+. The van der Waals surface area contributed by atoms with Gasteiger partial charge in [0, 0.05) is 5.56 Å². The lowest BCUT2D eigenvalue weighted by Gasteiger charge is -1.99. The maximum Gasteiger partial charge on any atom is 0.283 e. The highest BCUT2D eigenvalue weighted by atomic mass is 16.3. The molecular formula is C14H9N7O3. The molecular weight excluding hydrogens is 314 g/mol. The lowest BCUT2D eigenvalue weighted by atomic mass is 10.0. The Hall–Kier alpha value is -3.82. The van der Waals surface area contributed by atoms with Crippen molar-refractivity contribution >= 4 is 24.0 Å². The lowest BCUT2D eigenvalue weighted by molar-refractivity contribution is 0.0879. The fourth-order valence-corrected chi connectivity index (χ4v) is 2.26. The van der Waals surface area contributed by atoms with Crippen LogP contribution in [0.2, 0.25) is 0 Å². The van der Waals surface area contributed by atoms with Crippen LogP contribution in [0.5, 0.6) is 0 Å². The van der Waals surface area contributed by atoms with Crippen molar-refractivity contribution in [2.45, 2.75) is 0 Å². The third-order valence-corrected chi connectivity index (χ3v) is 3.35. The van der Waals surface area contributed by atoms with Gasteiger partial charge >= 0.3 is 0 Å². The smallest absolute Gasteiger partial charge is 0.283 e. The van der Waals surface area contributed by atoms with E-state index in [1.807, 2.05) is 0 Å². The van der Waals surface area contributed by atoms with E-state index in [4.69, 9.17) is 4.42 Å². The highest BCUT2D eigenvalue weighted by Crippen LogP contribution is 2.26. The zero-order valence-electron chi connectivity index (χ0n) is 12.0. The number of H-pyrrole nitrogens is 1. The average Bonchev–Trinajstić information content (AvgIpc) is 3.30. The van der Waals surface area contributed by atoms with Gasteiger partial charge in [0.1, 0.15) is 11.5 Å². The fourth-order valence-electron chi connectivity index (χ4n) is 2.26. The third-order valence-electron chi connectivity index (χ3n) is 3.35. The number of rotatable bonds is 4. The maximum atomic E-state index is 11.7. The van der Waals surface area contributed by atoms with Gasteiger partial charge in [0.15, 0.2) is 0 Å². The summed E-state index contributed by atoms with van der Waals surface area (Å²) in [5, 5.41) is 19.2. The van der Waals surface area contributed by atoms with Crippen molar-refractivity contribution in [3.05, 3.63) is 47.2 Å². The first-order valence-electron chi connectivity index (χ1n) is 6.83. The summed E-state index contributed by atoms with van der Waals surface area (Å²) in [6.07, 6.45) is 1.45. The first-order valence-corrected chi connectivity index (χ1v) is 6.83. The summed E-state index contributed by atoms with van der Waals surface area (Å²) in [4.78, 5) is 23.3. The molecule has 1 aliphatic rings. The molecule has 118 valence electrons. The molecule has 3 heterocycles. The molecule has 0 unspecified atom stereocenters. The van der Waals surface area contributed by atoms with Crippen molar-refractivity contribution in [3.8, 4) is 11.3 Å². The Morgan fingerprint density at radius 3 is 2.83 bits per heavy atom. The summed E-state index contributed by atoms with van der Waals surface area (Å²) in [7, 11) is 0. The first kappa shape index (κ1) is 13.8. The minimum Gasteiger partial charge on any atom is -0.455 e. The van der Waals surface area contributed by atoms with Crippen molar-refractivity contribution in [2.24, 2.45) is 5.10 Å². The number of aromatic amines is 1. The van der Waals surface area contributed by atoms with Gasteiger partial charge in [-0.05, 0) is 29.5 Å². The summed E-state index contributed by atoms with van der Waals surface area (Å²) in [6.45, 7) is 0. The van der Waals surface area contributed by atoms with E-state index in [2.05, 4.69) is 36.5 Å². The predicted molar refractivity (Wildman–Crippen MR) is 81.3 cm³/mol. The van der Waals surface area contributed by atoms with E-state index >= 15 is 0 Å². The van der Waals surface area contributed by atoms with Gasteiger partial charge in [-0.25, -0.2) is 5.43 Å². The number of nitrogens with zero attached hydrogens (tertiary/aromatic N) is 4. The lowest BCUT2D eigenvalue weighted by Crippen LogP contribution is -2.19. The summed E-state index contributed by atoms with van der Waals surface area (Å²) in [5.74, 6) is 0.469. The van der Waals surface area contributed by atoms with E-state index in [0.717, 1.165) is 0 Å². The molecule has 10 nitrogen and oxygen atoms in total. The quantitative estimate of drug-likeness (QED) is 0.366. The topological polar surface area (TPSA) is 138 Å². The van der Waals surface area contributed by atoms with E-state index < -0.39 is 5.91 Å². The van der Waals surface area contributed by atoms with Crippen LogP contribution in [0.3, 0.4) is 0 Å². The van der Waals surface area contributed by atoms with Crippen molar-refractivity contribution < 1.29 is 14.0 Å². The molecule has 0 fully saturated rings. The Morgan fingerprint density at radius 2 is 2.00 bits per heavy atom. The van der Waals surface area contributed by atoms with Crippen molar-refractivity contribution in [2.75, 3.05) is 5.43 Å². The number of fused-ring (bicyclic) bond motifs is 1. The number of anilines is 1. The van der Waals surface area contributed by atoms with Gasteiger partial charge in [-0.15, -0.1) is 5.10 Å². The van der Waals surface area contributed by atoms with Crippen LogP contribution in [0, 0.1) is 0 Å². The van der Waals surface area contributed by atoms with Gasteiger partial charge in [-0.3, -0.25) is 14.9 Å². The van der Waals surface area contributed by atoms with Crippen LogP contribution in [-0.2, 0) is 0 Å². The molecule has 24 heavy (non-hydrogen) atoms. The number of amides is 2. The number of carbonyl (C=O) groups is 2. The summed E-state index contributed by atoms with van der Waals surface area (Å²) in [6, 6.07) is 8.39. The summed E-state index contributed by atoms with van der Waals surface area (Å²) in [5.41, 5.74) is 3.95. The number of tetrazole rings is 1. The van der Waals surface area contributed by atoms with Gasteiger partial charge in [-0.1, -0.05) is 11.2 Å². The Morgan fingerprint density at radius 1 is 1.12 bits per heavy atom. The summed E-state index contributed by atoms with van der Waals surface area (Å²) < 4.78 is 5.64. The molecule has 10 heteroatoms. The number of hydrogen-bond acceptors (Lipinski definition) is 8. The van der Waals surface area contributed by atoms with Crippen LogP contribution >= 0.6 is 0 Å². The second kappa shape index (κ2) is 5.43. The molecule has 2 amide bonds. The molecule has 3 N–H and O–H groups in total. The zero-order chi connectivity index (χ0) is 16.5. The molecule has 0 saturated carbocycles.